The van der Waals surface area contributed by atoms with Crippen molar-refractivity contribution in [2.75, 3.05) is 5.73 Å². The third kappa shape index (κ3) is 3.11. The van der Waals surface area contributed by atoms with Crippen molar-refractivity contribution in [3.63, 3.8) is 0 Å². The van der Waals surface area contributed by atoms with Gasteiger partial charge in [0.15, 0.2) is 11.5 Å². The lowest BCUT2D eigenvalue weighted by atomic mass is 10.2. The van der Waals surface area contributed by atoms with Gasteiger partial charge in [-0.3, -0.25) is 9.78 Å². The van der Waals surface area contributed by atoms with Crippen molar-refractivity contribution in [1.29, 1.82) is 0 Å². The van der Waals surface area contributed by atoms with Gasteiger partial charge in [-0.1, -0.05) is 13.8 Å². The smallest absolute Gasteiger partial charge is 0.161 e. The van der Waals surface area contributed by atoms with Crippen LogP contribution in [0.1, 0.15) is 31.1 Å². The van der Waals surface area contributed by atoms with Crippen LogP contribution in [0.15, 0.2) is 47.0 Å². The van der Waals surface area contributed by atoms with Crippen molar-refractivity contribution in [3.8, 4) is 11.5 Å². The van der Waals surface area contributed by atoms with Crippen molar-refractivity contribution in [2.24, 2.45) is 0 Å². The Morgan fingerprint density at radius 2 is 1.90 bits per heavy atom. The highest BCUT2D eigenvalue weighted by Gasteiger charge is 2.08. The van der Waals surface area contributed by atoms with E-state index in [9.17, 15) is 4.79 Å². The molecule has 21 heavy (non-hydrogen) atoms. The van der Waals surface area contributed by atoms with Crippen LogP contribution in [0.2, 0.25) is 0 Å². The minimum atomic E-state index is -0.00331. The molecule has 4 nitrogen and oxygen atoms in total. The molecule has 0 unspecified atom stereocenters. The number of aromatic nitrogens is 1. The Bertz CT molecular complexity index is 758. The van der Waals surface area contributed by atoms with Crippen LogP contribution >= 0.6 is 0 Å². The van der Waals surface area contributed by atoms with Gasteiger partial charge in [-0.25, -0.2) is 0 Å². The van der Waals surface area contributed by atoms with Crippen molar-refractivity contribution >= 4 is 22.4 Å². The second kappa shape index (κ2) is 6.22. The first-order chi connectivity index (χ1) is 10.1. The lowest BCUT2D eigenvalue weighted by Crippen LogP contribution is -1.93. The van der Waals surface area contributed by atoms with E-state index in [-0.39, 0.29) is 5.78 Å². The number of hydrogen-bond donors (Lipinski definition) is 1. The third-order valence-corrected chi connectivity index (χ3v) is 2.96. The maximum Gasteiger partial charge on any atom is 0.161 e. The van der Waals surface area contributed by atoms with Crippen LogP contribution in [-0.4, -0.2) is 10.8 Å². The number of carbonyl (C=O) groups excluding carboxylic acids is 1. The van der Waals surface area contributed by atoms with Gasteiger partial charge < -0.3 is 10.2 Å². The average Bonchev–Trinajstić information content (AvgIpc) is 2.92. The van der Waals surface area contributed by atoms with Crippen LogP contribution in [0.4, 0.5) is 5.69 Å². The van der Waals surface area contributed by atoms with Gasteiger partial charge in [-0.05, 0) is 43.3 Å². The van der Waals surface area contributed by atoms with E-state index in [2.05, 4.69) is 4.98 Å². The van der Waals surface area contributed by atoms with Crippen LogP contribution in [0.25, 0.3) is 22.4 Å². The number of nitrogens with two attached hydrogens (primary N) is 1. The Kier molecular flexibility index (Phi) is 4.38. The number of nitrogen functional groups attached to an aromatic ring is 1. The summed E-state index contributed by atoms with van der Waals surface area (Å²) < 4.78 is 5.71. The van der Waals surface area contributed by atoms with Gasteiger partial charge in [-0.15, -0.1) is 0 Å². The second-order valence-corrected chi connectivity index (χ2v) is 4.40. The SMILES string of the molecule is CC.CC(=O)c1ccc(-c2cc3cc(N)ccc3o2)nc1. The van der Waals surface area contributed by atoms with Gasteiger partial charge in [0.05, 0.1) is 0 Å². The van der Waals surface area contributed by atoms with E-state index in [1.54, 1.807) is 24.4 Å². The van der Waals surface area contributed by atoms with Gasteiger partial charge in [0.25, 0.3) is 0 Å². The zero-order valence-corrected chi connectivity index (χ0v) is 12.4. The number of furan rings is 1. The first-order valence-electron chi connectivity index (χ1n) is 6.90. The molecule has 0 amide bonds. The van der Waals surface area contributed by atoms with E-state index >= 15 is 0 Å². The number of fused-ring (bicyclic) bond motifs is 1. The van der Waals surface area contributed by atoms with E-state index in [4.69, 9.17) is 10.2 Å². The average molecular weight is 282 g/mol. The highest BCUT2D eigenvalue weighted by molar-refractivity contribution is 5.94. The Balaban J connectivity index is 0.000000774. The Hall–Kier alpha value is -2.62. The summed E-state index contributed by atoms with van der Waals surface area (Å²) in [6.45, 7) is 5.51. The first-order valence-corrected chi connectivity index (χ1v) is 6.90. The predicted octanol–water partition coefficient (Wildman–Crippen LogP) is 4.31. The summed E-state index contributed by atoms with van der Waals surface area (Å²) in [5.41, 5.74) is 8.47. The highest BCUT2D eigenvalue weighted by Crippen LogP contribution is 2.27. The summed E-state index contributed by atoms with van der Waals surface area (Å²) >= 11 is 0. The molecule has 0 spiro atoms. The molecule has 0 saturated carbocycles. The largest absolute Gasteiger partial charge is 0.454 e. The number of carbonyl (C=O) groups is 1. The second-order valence-electron chi connectivity index (χ2n) is 4.40. The molecule has 2 N–H and O–H groups in total. The molecule has 0 aliphatic rings. The fourth-order valence-corrected chi connectivity index (χ4v) is 1.94. The molecule has 0 bridgehead atoms. The van der Waals surface area contributed by atoms with E-state index in [0.717, 1.165) is 11.0 Å². The number of ketones is 1. The van der Waals surface area contributed by atoms with Crippen LogP contribution in [0.5, 0.6) is 0 Å². The Morgan fingerprint density at radius 3 is 2.52 bits per heavy atom. The maximum atomic E-state index is 11.2. The van der Waals surface area contributed by atoms with Gasteiger partial charge in [-0.2, -0.15) is 0 Å². The fraction of sp³-hybridized carbons (Fsp3) is 0.176. The minimum absolute atomic E-state index is 0.00331. The van der Waals surface area contributed by atoms with Gasteiger partial charge >= 0.3 is 0 Å². The fourth-order valence-electron chi connectivity index (χ4n) is 1.94. The van der Waals surface area contributed by atoms with Gasteiger partial charge in [0.2, 0.25) is 0 Å². The summed E-state index contributed by atoms with van der Waals surface area (Å²) in [5.74, 6) is 0.659. The lowest BCUT2D eigenvalue weighted by Gasteiger charge is -1.97. The quantitative estimate of drug-likeness (QED) is 0.562. The summed E-state index contributed by atoms with van der Waals surface area (Å²) in [5, 5.41) is 0.937. The summed E-state index contributed by atoms with van der Waals surface area (Å²) in [6, 6.07) is 10.9. The molecule has 0 aliphatic heterocycles. The topological polar surface area (TPSA) is 69.1 Å². The summed E-state index contributed by atoms with van der Waals surface area (Å²) in [6.07, 6.45) is 1.55. The predicted molar refractivity (Wildman–Crippen MR) is 85.2 cm³/mol. The van der Waals surface area contributed by atoms with Crippen molar-refractivity contribution in [3.05, 3.63) is 48.2 Å². The van der Waals surface area contributed by atoms with Crippen LogP contribution in [0, 0.1) is 0 Å². The Labute approximate surface area is 123 Å². The van der Waals surface area contributed by atoms with Crippen LogP contribution in [-0.2, 0) is 0 Å². The zero-order valence-electron chi connectivity index (χ0n) is 12.4. The highest BCUT2D eigenvalue weighted by atomic mass is 16.3. The van der Waals surface area contributed by atoms with Crippen molar-refractivity contribution < 1.29 is 9.21 Å². The van der Waals surface area contributed by atoms with E-state index in [0.29, 0.717) is 22.7 Å². The van der Waals surface area contributed by atoms with Gasteiger partial charge in [0, 0.05) is 22.8 Å². The molecule has 1 aromatic carbocycles. The molecular formula is C17H18N2O2. The molecule has 3 rings (SSSR count). The molecule has 0 radical (unpaired) electrons. The molecule has 2 aromatic heterocycles. The van der Waals surface area contributed by atoms with Crippen molar-refractivity contribution in [1.82, 2.24) is 4.98 Å². The molecule has 0 fully saturated rings. The maximum absolute atomic E-state index is 11.2. The number of benzene rings is 1. The molecular weight excluding hydrogens is 264 g/mol. The molecule has 2 heterocycles. The van der Waals surface area contributed by atoms with E-state index < -0.39 is 0 Å². The van der Waals surface area contributed by atoms with E-state index in [1.807, 2.05) is 32.0 Å². The summed E-state index contributed by atoms with van der Waals surface area (Å²) in [7, 11) is 0. The van der Waals surface area contributed by atoms with Crippen LogP contribution < -0.4 is 5.73 Å². The molecule has 108 valence electrons. The normalized spacial score (nSPS) is 10.0. The monoisotopic (exact) mass is 282 g/mol. The standard InChI is InChI=1S/C15H12N2O2.C2H6/c1-9(18)10-2-4-13(17-8-10)15-7-11-6-12(16)3-5-14(11)19-15;1-2/h2-8H,16H2,1H3;1-2H3. The zero-order chi connectivity index (χ0) is 15.4. The Morgan fingerprint density at radius 1 is 1.14 bits per heavy atom. The van der Waals surface area contributed by atoms with Crippen molar-refractivity contribution in [2.45, 2.75) is 20.8 Å². The number of pyridine rings is 1. The third-order valence-electron chi connectivity index (χ3n) is 2.96. The van der Waals surface area contributed by atoms with E-state index in [1.165, 1.54) is 6.92 Å². The molecule has 3 aromatic rings. The lowest BCUT2D eigenvalue weighted by molar-refractivity contribution is 0.101. The molecule has 0 atom stereocenters. The number of nitrogens with zero attached hydrogens (tertiary/aromatic N) is 1. The molecule has 0 saturated heterocycles. The van der Waals surface area contributed by atoms with Gasteiger partial charge in [0.1, 0.15) is 11.3 Å². The minimum Gasteiger partial charge on any atom is -0.454 e. The number of Topliss-reactive ketones (excluding diaryl/α,β-unsaturated/α-hetero) is 1. The number of hydrogen-bond acceptors (Lipinski definition) is 4. The number of rotatable bonds is 2. The molecule has 4 heteroatoms. The number of anilines is 1. The van der Waals surface area contributed by atoms with Crippen LogP contribution in [0.3, 0.4) is 0 Å². The first kappa shape index (κ1) is 14.8. The molecule has 0 aliphatic carbocycles. The summed E-state index contributed by atoms with van der Waals surface area (Å²) in [4.78, 5) is 15.4.